The Bertz CT molecular complexity index is 648. The predicted molar refractivity (Wildman–Crippen MR) is 79.0 cm³/mol. The summed E-state index contributed by atoms with van der Waals surface area (Å²) in [6.45, 7) is 3.94. The van der Waals surface area contributed by atoms with Gasteiger partial charge in [0.1, 0.15) is 11.8 Å². The zero-order valence-electron chi connectivity index (χ0n) is 12.1. The minimum Gasteiger partial charge on any atom is -0.394 e. The second-order valence-electron chi connectivity index (χ2n) is 4.42. The van der Waals surface area contributed by atoms with E-state index in [1.54, 1.807) is 10.9 Å². The fraction of sp³-hybridized carbons (Fsp3) is 0.500. The van der Waals surface area contributed by atoms with E-state index in [4.69, 9.17) is 16.9 Å². The molecule has 1 aliphatic heterocycles. The molecule has 3 rings (SSSR count). The number of fused-ring (bicyclic) bond motifs is 1. The third-order valence-corrected chi connectivity index (χ3v) is 3.27. The summed E-state index contributed by atoms with van der Waals surface area (Å²) >= 11 is 0. The van der Waals surface area contributed by atoms with Crippen LogP contribution in [0.2, 0.25) is 0 Å². The van der Waals surface area contributed by atoms with Crippen LogP contribution in [0.4, 0.5) is 5.82 Å². The highest BCUT2D eigenvalue weighted by atomic mass is 16.5. The summed E-state index contributed by atoms with van der Waals surface area (Å²) in [6.07, 6.45) is 8.44. The minimum atomic E-state index is -0.388. The standard InChI is InChI=1S/C12H13N5O2.C2H6/c1-2-7-3-8(4-18)19-12(7)17-6-16-9-10(13)14-5-15-11(9)17;1-2/h1,5-8,12,18H,3-4H2,(H2,13,14,15);1-2H3. The van der Waals surface area contributed by atoms with E-state index >= 15 is 0 Å². The van der Waals surface area contributed by atoms with Gasteiger partial charge in [0.2, 0.25) is 0 Å². The molecule has 3 heterocycles. The monoisotopic (exact) mass is 289 g/mol. The van der Waals surface area contributed by atoms with Gasteiger partial charge in [-0.05, 0) is 6.42 Å². The number of nitrogens with two attached hydrogens (primary N) is 1. The number of hydrogen-bond acceptors (Lipinski definition) is 6. The number of nitrogen functional groups attached to an aromatic ring is 1. The van der Waals surface area contributed by atoms with E-state index in [1.807, 2.05) is 13.8 Å². The number of aromatic nitrogens is 4. The molecule has 21 heavy (non-hydrogen) atoms. The molecule has 0 radical (unpaired) electrons. The van der Waals surface area contributed by atoms with Gasteiger partial charge in [-0.25, -0.2) is 15.0 Å². The quantitative estimate of drug-likeness (QED) is 0.799. The highest BCUT2D eigenvalue weighted by molar-refractivity contribution is 5.81. The van der Waals surface area contributed by atoms with Crippen molar-refractivity contribution in [1.29, 1.82) is 0 Å². The van der Waals surface area contributed by atoms with Crippen LogP contribution in [0.25, 0.3) is 11.2 Å². The van der Waals surface area contributed by atoms with Crippen molar-refractivity contribution in [3.8, 4) is 12.3 Å². The number of terminal acetylenes is 1. The normalized spacial score (nSPS) is 24.4. The molecule has 112 valence electrons. The molecule has 0 bridgehead atoms. The number of nitrogens with zero attached hydrogens (tertiary/aromatic N) is 4. The molecule has 1 aliphatic rings. The topological polar surface area (TPSA) is 99.1 Å². The molecule has 0 aromatic carbocycles. The lowest BCUT2D eigenvalue weighted by Crippen LogP contribution is -2.16. The Morgan fingerprint density at radius 3 is 2.90 bits per heavy atom. The third kappa shape index (κ3) is 2.68. The van der Waals surface area contributed by atoms with Crippen LogP contribution in [0.15, 0.2) is 12.7 Å². The van der Waals surface area contributed by atoms with Gasteiger partial charge >= 0.3 is 0 Å². The molecular formula is C14H19N5O2. The number of aliphatic hydroxyl groups excluding tert-OH is 1. The zero-order chi connectivity index (χ0) is 15.4. The molecular weight excluding hydrogens is 270 g/mol. The Kier molecular flexibility index (Phi) is 4.73. The Labute approximate surface area is 123 Å². The van der Waals surface area contributed by atoms with Crippen molar-refractivity contribution in [3.05, 3.63) is 12.7 Å². The zero-order valence-corrected chi connectivity index (χ0v) is 12.1. The average Bonchev–Trinajstić information content (AvgIpc) is 3.13. The van der Waals surface area contributed by atoms with Crippen LogP contribution < -0.4 is 5.73 Å². The Morgan fingerprint density at radius 2 is 2.24 bits per heavy atom. The number of anilines is 1. The molecule has 1 saturated heterocycles. The van der Waals surface area contributed by atoms with Gasteiger partial charge in [-0.2, -0.15) is 0 Å². The molecule has 2 aromatic heterocycles. The molecule has 7 nitrogen and oxygen atoms in total. The maximum absolute atomic E-state index is 9.19. The number of imidazole rings is 1. The molecule has 3 unspecified atom stereocenters. The van der Waals surface area contributed by atoms with Crippen molar-refractivity contribution < 1.29 is 9.84 Å². The van der Waals surface area contributed by atoms with Crippen LogP contribution in [0.5, 0.6) is 0 Å². The summed E-state index contributed by atoms with van der Waals surface area (Å²) in [4.78, 5) is 12.2. The van der Waals surface area contributed by atoms with Crippen LogP contribution in [-0.2, 0) is 4.74 Å². The lowest BCUT2D eigenvalue weighted by atomic mass is 10.0. The predicted octanol–water partition coefficient (Wildman–Crippen LogP) is 0.964. The van der Waals surface area contributed by atoms with E-state index in [-0.39, 0.29) is 24.9 Å². The van der Waals surface area contributed by atoms with Gasteiger partial charge in [-0.3, -0.25) is 4.57 Å². The lowest BCUT2D eigenvalue weighted by molar-refractivity contribution is -0.0262. The van der Waals surface area contributed by atoms with E-state index in [9.17, 15) is 5.11 Å². The van der Waals surface area contributed by atoms with E-state index in [0.29, 0.717) is 23.4 Å². The molecule has 0 amide bonds. The van der Waals surface area contributed by atoms with Gasteiger partial charge in [0, 0.05) is 0 Å². The molecule has 1 fully saturated rings. The molecule has 3 atom stereocenters. The van der Waals surface area contributed by atoms with Crippen LogP contribution in [0.3, 0.4) is 0 Å². The van der Waals surface area contributed by atoms with Crippen LogP contribution in [0, 0.1) is 18.3 Å². The van der Waals surface area contributed by atoms with Gasteiger partial charge in [-0.1, -0.05) is 19.8 Å². The summed E-state index contributed by atoms with van der Waals surface area (Å²) in [5, 5.41) is 9.19. The highest BCUT2D eigenvalue weighted by Crippen LogP contribution is 2.35. The van der Waals surface area contributed by atoms with Crippen LogP contribution in [0.1, 0.15) is 26.5 Å². The van der Waals surface area contributed by atoms with Crippen molar-refractivity contribution in [2.75, 3.05) is 12.3 Å². The summed E-state index contributed by atoms with van der Waals surface area (Å²) in [6, 6.07) is 0. The summed E-state index contributed by atoms with van der Waals surface area (Å²) in [7, 11) is 0. The Morgan fingerprint density at radius 1 is 1.48 bits per heavy atom. The fourth-order valence-corrected chi connectivity index (χ4v) is 2.33. The first-order valence-corrected chi connectivity index (χ1v) is 6.90. The van der Waals surface area contributed by atoms with Gasteiger partial charge in [0.25, 0.3) is 0 Å². The first-order chi connectivity index (χ1) is 10.2. The first-order valence-electron chi connectivity index (χ1n) is 6.90. The molecule has 7 heteroatoms. The van der Waals surface area contributed by atoms with E-state index in [1.165, 1.54) is 6.33 Å². The molecule has 2 aromatic rings. The lowest BCUT2D eigenvalue weighted by Gasteiger charge is -2.16. The maximum Gasteiger partial charge on any atom is 0.167 e. The van der Waals surface area contributed by atoms with Gasteiger partial charge in [-0.15, -0.1) is 6.42 Å². The van der Waals surface area contributed by atoms with E-state index in [2.05, 4.69) is 20.9 Å². The Balaban J connectivity index is 0.000000774. The van der Waals surface area contributed by atoms with Crippen molar-refractivity contribution in [2.24, 2.45) is 5.92 Å². The minimum absolute atomic E-state index is 0.0571. The van der Waals surface area contributed by atoms with Crippen LogP contribution in [-0.4, -0.2) is 37.3 Å². The smallest absolute Gasteiger partial charge is 0.167 e. The molecule has 0 spiro atoms. The molecule has 0 saturated carbocycles. The third-order valence-electron chi connectivity index (χ3n) is 3.27. The van der Waals surface area contributed by atoms with Crippen LogP contribution >= 0.6 is 0 Å². The number of rotatable bonds is 2. The first kappa shape index (κ1) is 15.2. The molecule has 0 aliphatic carbocycles. The largest absolute Gasteiger partial charge is 0.394 e. The summed E-state index contributed by atoms with van der Waals surface area (Å²) in [5.41, 5.74) is 6.84. The van der Waals surface area contributed by atoms with Gasteiger partial charge < -0.3 is 15.6 Å². The summed E-state index contributed by atoms with van der Waals surface area (Å²) < 4.78 is 7.48. The van der Waals surface area contributed by atoms with Crippen molar-refractivity contribution >= 4 is 17.0 Å². The van der Waals surface area contributed by atoms with Gasteiger partial charge in [0.15, 0.2) is 17.7 Å². The fourth-order valence-electron chi connectivity index (χ4n) is 2.33. The van der Waals surface area contributed by atoms with Gasteiger partial charge in [0.05, 0.1) is 25.0 Å². The molecule has 3 N–H and O–H groups in total. The SMILES string of the molecule is C#CC1CC(CO)OC1n1cnc2c(N)ncnc21.CC. The maximum atomic E-state index is 9.19. The van der Waals surface area contributed by atoms with Crippen molar-refractivity contribution in [3.63, 3.8) is 0 Å². The number of aliphatic hydroxyl groups is 1. The van der Waals surface area contributed by atoms with E-state index < -0.39 is 0 Å². The highest BCUT2D eigenvalue weighted by Gasteiger charge is 2.36. The second kappa shape index (κ2) is 6.52. The average molecular weight is 289 g/mol. The van der Waals surface area contributed by atoms with E-state index in [0.717, 1.165) is 0 Å². The summed E-state index contributed by atoms with van der Waals surface area (Å²) in [5.74, 6) is 2.87. The van der Waals surface area contributed by atoms with Crippen molar-refractivity contribution in [1.82, 2.24) is 19.5 Å². The second-order valence-corrected chi connectivity index (χ2v) is 4.42. The number of hydrogen-bond donors (Lipinski definition) is 2. The Hall–Kier alpha value is -2.17. The van der Waals surface area contributed by atoms with Crippen molar-refractivity contribution in [2.45, 2.75) is 32.6 Å². The number of ether oxygens (including phenoxy) is 1.